The molecule has 2 rings (SSSR count). The Bertz CT molecular complexity index is 402. The fourth-order valence-corrected chi connectivity index (χ4v) is 2.00. The number of rotatable bonds is 5. The normalized spacial score (nSPS) is 15.3. The van der Waals surface area contributed by atoms with E-state index >= 15 is 0 Å². The number of aryl methyl sites for hydroxylation is 1. The third-order valence-corrected chi connectivity index (χ3v) is 3.05. The van der Waals surface area contributed by atoms with Gasteiger partial charge in [0.05, 0.1) is 6.61 Å². The van der Waals surface area contributed by atoms with Crippen LogP contribution in [0.2, 0.25) is 0 Å². The van der Waals surface area contributed by atoms with Gasteiger partial charge in [0.15, 0.2) is 0 Å². The highest BCUT2D eigenvalue weighted by molar-refractivity contribution is 5.76. The molecule has 0 spiro atoms. The second-order valence-electron chi connectivity index (χ2n) is 4.44. The molecule has 1 saturated heterocycles. The summed E-state index contributed by atoms with van der Waals surface area (Å²) in [6.07, 6.45) is 4.64. The van der Waals surface area contributed by atoms with Crippen molar-refractivity contribution in [2.75, 3.05) is 32.8 Å². The van der Waals surface area contributed by atoms with Crippen LogP contribution in [0.5, 0.6) is 6.01 Å². The number of aromatic nitrogens is 2. The number of carbonyl (C=O) groups excluding carboxylic acids is 1. The molecule has 19 heavy (non-hydrogen) atoms. The van der Waals surface area contributed by atoms with Gasteiger partial charge in [-0.15, -0.1) is 0 Å². The zero-order valence-electron chi connectivity index (χ0n) is 11.3. The second kappa shape index (κ2) is 7.04. The van der Waals surface area contributed by atoms with Crippen molar-refractivity contribution in [3.8, 4) is 6.01 Å². The number of nitrogens with zero attached hydrogens (tertiary/aromatic N) is 3. The van der Waals surface area contributed by atoms with Crippen LogP contribution in [0.25, 0.3) is 0 Å². The first kappa shape index (κ1) is 13.7. The standard InChI is InChI=1S/C13H20N4O2/c1-2-19-13-15-9-11(10-16-13)3-4-12(18)17-7-5-14-6-8-17/h9-10,14H,2-8H2,1H3. The van der Waals surface area contributed by atoms with Crippen molar-refractivity contribution in [2.45, 2.75) is 19.8 Å². The lowest BCUT2D eigenvalue weighted by Crippen LogP contribution is -2.46. The highest BCUT2D eigenvalue weighted by atomic mass is 16.5. The first-order valence-electron chi connectivity index (χ1n) is 6.72. The van der Waals surface area contributed by atoms with Gasteiger partial charge in [0.2, 0.25) is 5.91 Å². The summed E-state index contributed by atoms with van der Waals surface area (Å²) in [5, 5.41) is 3.23. The van der Waals surface area contributed by atoms with Gasteiger partial charge in [-0.3, -0.25) is 4.79 Å². The Labute approximate surface area is 113 Å². The van der Waals surface area contributed by atoms with Crippen LogP contribution in [0.1, 0.15) is 18.9 Å². The number of piperazine rings is 1. The molecule has 6 heteroatoms. The molecule has 0 unspecified atom stereocenters. The molecule has 0 bridgehead atoms. The van der Waals surface area contributed by atoms with Gasteiger partial charge in [0, 0.05) is 45.0 Å². The van der Waals surface area contributed by atoms with Crippen molar-refractivity contribution < 1.29 is 9.53 Å². The zero-order valence-corrected chi connectivity index (χ0v) is 11.3. The number of amides is 1. The molecule has 6 nitrogen and oxygen atoms in total. The van der Waals surface area contributed by atoms with Gasteiger partial charge >= 0.3 is 6.01 Å². The molecule has 1 aliphatic heterocycles. The molecule has 104 valence electrons. The van der Waals surface area contributed by atoms with Crippen molar-refractivity contribution >= 4 is 5.91 Å². The maximum atomic E-state index is 12.0. The number of nitrogens with one attached hydrogen (secondary N) is 1. The van der Waals surface area contributed by atoms with Crippen LogP contribution in [0.3, 0.4) is 0 Å². The van der Waals surface area contributed by atoms with Crippen molar-refractivity contribution in [3.63, 3.8) is 0 Å². The van der Waals surface area contributed by atoms with Gasteiger partial charge in [-0.25, -0.2) is 9.97 Å². The van der Waals surface area contributed by atoms with E-state index in [2.05, 4.69) is 15.3 Å². The minimum atomic E-state index is 0.204. The Morgan fingerprint density at radius 3 is 2.68 bits per heavy atom. The van der Waals surface area contributed by atoms with Crippen LogP contribution in [-0.4, -0.2) is 53.6 Å². The largest absolute Gasteiger partial charge is 0.464 e. The summed E-state index contributed by atoms with van der Waals surface area (Å²) in [7, 11) is 0. The SMILES string of the molecule is CCOc1ncc(CCC(=O)N2CCNCC2)cn1. The molecule has 1 amide bonds. The van der Waals surface area contributed by atoms with Crippen LogP contribution >= 0.6 is 0 Å². The highest BCUT2D eigenvalue weighted by Gasteiger charge is 2.15. The zero-order chi connectivity index (χ0) is 13.5. The van der Waals surface area contributed by atoms with E-state index in [0.717, 1.165) is 31.7 Å². The average Bonchev–Trinajstić information content (AvgIpc) is 2.47. The van der Waals surface area contributed by atoms with Crippen LogP contribution in [0.15, 0.2) is 12.4 Å². The Balaban J connectivity index is 1.79. The maximum absolute atomic E-state index is 12.0. The number of hydrogen-bond donors (Lipinski definition) is 1. The van der Waals surface area contributed by atoms with Gasteiger partial charge in [0.1, 0.15) is 0 Å². The van der Waals surface area contributed by atoms with E-state index in [1.54, 1.807) is 12.4 Å². The lowest BCUT2D eigenvalue weighted by atomic mass is 10.1. The summed E-state index contributed by atoms with van der Waals surface area (Å²) in [5.74, 6) is 0.204. The van der Waals surface area contributed by atoms with Gasteiger partial charge in [-0.2, -0.15) is 0 Å². The Morgan fingerprint density at radius 2 is 2.05 bits per heavy atom. The molecule has 0 aliphatic carbocycles. The average molecular weight is 264 g/mol. The van der Waals surface area contributed by atoms with Gasteiger partial charge < -0.3 is 15.0 Å². The van der Waals surface area contributed by atoms with Crippen LogP contribution in [-0.2, 0) is 11.2 Å². The molecule has 0 atom stereocenters. The van der Waals surface area contributed by atoms with Crippen molar-refractivity contribution in [1.82, 2.24) is 20.2 Å². The maximum Gasteiger partial charge on any atom is 0.316 e. The van der Waals surface area contributed by atoms with Crippen LogP contribution in [0.4, 0.5) is 0 Å². The molecule has 0 saturated carbocycles. The molecular weight excluding hydrogens is 244 g/mol. The molecule has 1 fully saturated rings. The fourth-order valence-electron chi connectivity index (χ4n) is 2.00. The molecule has 1 aliphatic rings. The van der Waals surface area contributed by atoms with E-state index in [1.807, 2.05) is 11.8 Å². The predicted molar refractivity (Wildman–Crippen MR) is 71.0 cm³/mol. The van der Waals surface area contributed by atoms with E-state index in [-0.39, 0.29) is 5.91 Å². The molecule has 2 heterocycles. The van der Waals surface area contributed by atoms with Gasteiger partial charge in [-0.1, -0.05) is 0 Å². The van der Waals surface area contributed by atoms with Crippen molar-refractivity contribution in [3.05, 3.63) is 18.0 Å². The Morgan fingerprint density at radius 1 is 1.37 bits per heavy atom. The minimum absolute atomic E-state index is 0.204. The second-order valence-corrected chi connectivity index (χ2v) is 4.44. The monoisotopic (exact) mass is 264 g/mol. The minimum Gasteiger partial charge on any atom is -0.464 e. The topological polar surface area (TPSA) is 67.3 Å². The number of carbonyl (C=O) groups is 1. The van der Waals surface area contributed by atoms with Crippen LogP contribution in [0, 0.1) is 0 Å². The van der Waals surface area contributed by atoms with Gasteiger partial charge in [0.25, 0.3) is 0 Å². The summed E-state index contributed by atoms with van der Waals surface area (Å²) in [5.41, 5.74) is 0.965. The fraction of sp³-hybridized carbons (Fsp3) is 0.615. The number of hydrogen-bond acceptors (Lipinski definition) is 5. The summed E-state index contributed by atoms with van der Waals surface area (Å²) in [6.45, 7) is 5.83. The summed E-state index contributed by atoms with van der Waals surface area (Å²) in [6, 6.07) is 0.389. The molecule has 1 N–H and O–H groups in total. The highest BCUT2D eigenvalue weighted by Crippen LogP contribution is 2.07. The Hall–Kier alpha value is -1.69. The predicted octanol–water partition coefficient (Wildman–Crippen LogP) is 0.240. The molecular formula is C13H20N4O2. The summed E-state index contributed by atoms with van der Waals surface area (Å²) >= 11 is 0. The first-order chi connectivity index (χ1) is 9.29. The van der Waals surface area contributed by atoms with E-state index in [4.69, 9.17) is 4.74 Å². The lowest BCUT2D eigenvalue weighted by molar-refractivity contribution is -0.131. The first-order valence-corrected chi connectivity index (χ1v) is 6.72. The summed E-state index contributed by atoms with van der Waals surface area (Å²) in [4.78, 5) is 22.1. The third kappa shape index (κ3) is 4.17. The molecule has 0 radical (unpaired) electrons. The van der Waals surface area contributed by atoms with E-state index < -0.39 is 0 Å². The molecule has 0 aromatic carbocycles. The smallest absolute Gasteiger partial charge is 0.316 e. The van der Waals surface area contributed by atoms with E-state index in [0.29, 0.717) is 25.5 Å². The van der Waals surface area contributed by atoms with Crippen molar-refractivity contribution in [2.24, 2.45) is 0 Å². The Kier molecular flexibility index (Phi) is 5.09. The summed E-state index contributed by atoms with van der Waals surface area (Å²) < 4.78 is 5.18. The van der Waals surface area contributed by atoms with Gasteiger partial charge in [-0.05, 0) is 18.9 Å². The lowest BCUT2D eigenvalue weighted by Gasteiger charge is -2.27. The third-order valence-electron chi connectivity index (χ3n) is 3.05. The quantitative estimate of drug-likeness (QED) is 0.825. The van der Waals surface area contributed by atoms with Crippen LogP contribution < -0.4 is 10.1 Å². The number of ether oxygens (including phenoxy) is 1. The molecule has 1 aromatic rings. The van der Waals surface area contributed by atoms with E-state index in [1.165, 1.54) is 0 Å². The van der Waals surface area contributed by atoms with E-state index in [9.17, 15) is 4.79 Å². The molecule has 1 aromatic heterocycles. The van der Waals surface area contributed by atoms with Crippen molar-refractivity contribution in [1.29, 1.82) is 0 Å².